The molecule has 1 unspecified atom stereocenters. The molecule has 1 amide bonds. The number of carbonyl (C=O) groups is 1. The molecule has 0 saturated carbocycles. The molecule has 1 atom stereocenters. The van der Waals surface area contributed by atoms with Crippen LogP contribution in [-0.4, -0.2) is 28.9 Å². The number of hydrogen-bond acceptors (Lipinski definition) is 2. The van der Waals surface area contributed by atoms with Gasteiger partial charge in [-0.15, -0.1) is 0 Å². The summed E-state index contributed by atoms with van der Waals surface area (Å²) in [6, 6.07) is 8.30. The Morgan fingerprint density at radius 1 is 1.45 bits per heavy atom. The number of hydrogen-bond donors (Lipinski definition) is 1. The Labute approximate surface area is 129 Å². The van der Waals surface area contributed by atoms with E-state index in [1.54, 1.807) is 0 Å². The number of carbonyl (C=O) groups excluding carboxylic acids is 1. The minimum absolute atomic E-state index is 0.0934. The zero-order valence-corrected chi connectivity index (χ0v) is 13.8. The number of aryl methyl sites for hydroxylation is 1. The predicted molar refractivity (Wildman–Crippen MR) is 85.5 cm³/mol. The van der Waals surface area contributed by atoms with Crippen molar-refractivity contribution in [3.8, 4) is 0 Å². The van der Waals surface area contributed by atoms with Crippen molar-refractivity contribution >= 4 is 21.8 Å². The molecule has 110 valence electrons. The summed E-state index contributed by atoms with van der Waals surface area (Å²) in [6.07, 6.45) is 3.29. The summed E-state index contributed by atoms with van der Waals surface area (Å²) in [7, 11) is 0. The summed E-state index contributed by atoms with van der Waals surface area (Å²) >= 11 is 3.54. The quantitative estimate of drug-likeness (QED) is 0.916. The van der Waals surface area contributed by atoms with Crippen molar-refractivity contribution in [1.29, 1.82) is 0 Å². The second-order valence-electron chi connectivity index (χ2n) is 6.23. The lowest BCUT2D eigenvalue weighted by molar-refractivity contribution is -0.134. The Bertz CT molecular complexity index is 487. The molecule has 0 bridgehead atoms. The topological polar surface area (TPSA) is 46.3 Å². The van der Waals surface area contributed by atoms with Gasteiger partial charge in [-0.05, 0) is 44.7 Å². The lowest BCUT2D eigenvalue weighted by Crippen LogP contribution is -2.42. The Balaban J connectivity index is 1.86. The largest absolute Gasteiger partial charge is 0.336 e. The molecule has 20 heavy (non-hydrogen) atoms. The Morgan fingerprint density at radius 3 is 2.75 bits per heavy atom. The highest BCUT2D eigenvalue weighted by Gasteiger charge is 2.39. The van der Waals surface area contributed by atoms with Gasteiger partial charge in [0.1, 0.15) is 0 Å². The molecule has 2 N–H and O–H groups in total. The summed E-state index contributed by atoms with van der Waals surface area (Å²) in [5.41, 5.74) is 7.15. The van der Waals surface area contributed by atoms with E-state index >= 15 is 0 Å². The molecule has 1 saturated heterocycles. The fraction of sp³-hybridized carbons (Fsp3) is 0.562. The molecule has 1 fully saturated rings. The lowest BCUT2D eigenvalue weighted by Gasteiger charge is -2.31. The maximum absolute atomic E-state index is 12.3. The van der Waals surface area contributed by atoms with Crippen LogP contribution in [-0.2, 0) is 11.2 Å². The van der Waals surface area contributed by atoms with Gasteiger partial charge in [-0.3, -0.25) is 4.79 Å². The Hall–Kier alpha value is -0.870. The minimum atomic E-state index is -0.0934. The van der Waals surface area contributed by atoms with Crippen LogP contribution in [0.4, 0.5) is 0 Å². The molecular formula is C16H23BrN2O. The van der Waals surface area contributed by atoms with Gasteiger partial charge in [0.25, 0.3) is 0 Å². The highest BCUT2D eigenvalue weighted by molar-refractivity contribution is 9.10. The Kier molecular flexibility index (Phi) is 4.86. The molecule has 1 aromatic carbocycles. The zero-order valence-electron chi connectivity index (χ0n) is 12.2. The number of benzene rings is 1. The third kappa shape index (κ3) is 3.61. The fourth-order valence-corrected chi connectivity index (χ4v) is 3.49. The molecule has 3 nitrogen and oxygen atoms in total. The van der Waals surface area contributed by atoms with Gasteiger partial charge in [0, 0.05) is 29.0 Å². The van der Waals surface area contributed by atoms with Crippen LogP contribution < -0.4 is 5.73 Å². The molecule has 0 radical (unpaired) electrons. The van der Waals surface area contributed by atoms with Gasteiger partial charge in [-0.1, -0.05) is 34.1 Å². The summed E-state index contributed by atoms with van der Waals surface area (Å²) in [4.78, 5) is 14.3. The van der Waals surface area contributed by atoms with Crippen LogP contribution in [0.5, 0.6) is 0 Å². The summed E-state index contributed by atoms with van der Waals surface area (Å²) < 4.78 is 1.12. The molecule has 1 aromatic rings. The highest BCUT2D eigenvalue weighted by Crippen LogP contribution is 2.28. The van der Waals surface area contributed by atoms with E-state index in [1.165, 1.54) is 5.56 Å². The minimum Gasteiger partial charge on any atom is -0.336 e. The normalized spacial score (nSPS) is 21.2. The van der Waals surface area contributed by atoms with E-state index in [9.17, 15) is 4.79 Å². The van der Waals surface area contributed by atoms with Crippen molar-refractivity contribution < 1.29 is 4.79 Å². The van der Waals surface area contributed by atoms with E-state index in [2.05, 4.69) is 35.8 Å². The first-order chi connectivity index (χ1) is 9.40. The van der Waals surface area contributed by atoms with E-state index in [0.29, 0.717) is 13.0 Å². The molecule has 0 aromatic heterocycles. The molecule has 1 aliphatic rings. The fourth-order valence-electron chi connectivity index (χ4n) is 3.00. The summed E-state index contributed by atoms with van der Waals surface area (Å²) in [5, 5.41) is 0. The zero-order chi connectivity index (χ0) is 14.8. The van der Waals surface area contributed by atoms with Crippen LogP contribution in [0.2, 0.25) is 0 Å². The van der Waals surface area contributed by atoms with Gasteiger partial charge in [-0.25, -0.2) is 0 Å². The molecule has 4 heteroatoms. The van der Waals surface area contributed by atoms with Gasteiger partial charge in [0.2, 0.25) is 5.91 Å². The van der Waals surface area contributed by atoms with Crippen LogP contribution in [0.15, 0.2) is 28.7 Å². The number of nitrogens with zero attached hydrogens (tertiary/aromatic N) is 1. The van der Waals surface area contributed by atoms with E-state index in [-0.39, 0.29) is 17.5 Å². The predicted octanol–water partition coefficient (Wildman–Crippen LogP) is 3.11. The van der Waals surface area contributed by atoms with Crippen molar-refractivity contribution in [3.63, 3.8) is 0 Å². The van der Waals surface area contributed by atoms with E-state index in [1.807, 2.05) is 23.1 Å². The van der Waals surface area contributed by atoms with Crippen molar-refractivity contribution in [1.82, 2.24) is 4.90 Å². The maximum atomic E-state index is 12.3. The standard InChI is InChI=1S/C16H23BrN2O/c1-16(2)10-13(18)11-19(16)15(20)9-5-7-12-6-3-4-8-14(12)17/h3-4,6,8,13H,5,7,9-11,18H2,1-2H3. The van der Waals surface area contributed by atoms with Crippen LogP contribution >= 0.6 is 15.9 Å². The molecule has 1 aliphatic heterocycles. The monoisotopic (exact) mass is 338 g/mol. The molecule has 2 rings (SSSR count). The van der Waals surface area contributed by atoms with Gasteiger partial charge in [0.05, 0.1) is 0 Å². The van der Waals surface area contributed by atoms with Crippen molar-refractivity contribution in [2.75, 3.05) is 6.54 Å². The maximum Gasteiger partial charge on any atom is 0.223 e. The van der Waals surface area contributed by atoms with Crippen molar-refractivity contribution in [2.45, 2.75) is 51.1 Å². The molecule has 0 aliphatic carbocycles. The average Bonchev–Trinajstić information content (AvgIpc) is 2.65. The van der Waals surface area contributed by atoms with Crippen LogP contribution in [0, 0.1) is 0 Å². The van der Waals surface area contributed by atoms with Gasteiger partial charge in [-0.2, -0.15) is 0 Å². The molecule has 1 heterocycles. The number of nitrogens with two attached hydrogens (primary N) is 1. The number of amides is 1. The van der Waals surface area contributed by atoms with Gasteiger partial charge in [0.15, 0.2) is 0 Å². The van der Waals surface area contributed by atoms with Gasteiger partial charge >= 0.3 is 0 Å². The average molecular weight is 339 g/mol. The first-order valence-electron chi connectivity index (χ1n) is 7.19. The van der Waals surface area contributed by atoms with E-state index in [0.717, 1.165) is 23.7 Å². The second kappa shape index (κ2) is 6.27. The number of likely N-dealkylation sites (tertiary alicyclic amines) is 1. The third-order valence-corrected chi connectivity index (χ3v) is 4.78. The third-order valence-electron chi connectivity index (χ3n) is 4.01. The summed E-state index contributed by atoms with van der Waals surface area (Å²) in [5.74, 6) is 0.231. The summed E-state index contributed by atoms with van der Waals surface area (Å²) in [6.45, 7) is 4.90. The van der Waals surface area contributed by atoms with Crippen LogP contribution in [0.1, 0.15) is 38.7 Å². The molecular weight excluding hydrogens is 316 g/mol. The first-order valence-corrected chi connectivity index (χ1v) is 7.99. The second-order valence-corrected chi connectivity index (χ2v) is 7.08. The van der Waals surface area contributed by atoms with Crippen LogP contribution in [0.25, 0.3) is 0 Å². The van der Waals surface area contributed by atoms with Crippen molar-refractivity contribution in [3.05, 3.63) is 34.3 Å². The van der Waals surface area contributed by atoms with Crippen LogP contribution in [0.3, 0.4) is 0 Å². The number of rotatable bonds is 4. The number of halogens is 1. The van der Waals surface area contributed by atoms with Crippen molar-refractivity contribution in [2.24, 2.45) is 5.73 Å². The first kappa shape index (κ1) is 15.5. The SMILES string of the molecule is CC1(C)CC(N)CN1C(=O)CCCc1ccccc1Br. The van der Waals surface area contributed by atoms with E-state index < -0.39 is 0 Å². The highest BCUT2D eigenvalue weighted by atomic mass is 79.9. The lowest BCUT2D eigenvalue weighted by atomic mass is 10.00. The molecule has 0 spiro atoms. The Morgan fingerprint density at radius 2 is 2.15 bits per heavy atom. The van der Waals surface area contributed by atoms with E-state index in [4.69, 9.17) is 5.73 Å². The smallest absolute Gasteiger partial charge is 0.223 e. The van der Waals surface area contributed by atoms with Gasteiger partial charge < -0.3 is 10.6 Å².